The van der Waals surface area contributed by atoms with Crippen LogP contribution in [0.25, 0.3) is 0 Å². The Morgan fingerprint density at radius 2 is 1.89 bits per heavy atom. The van der Waals surface area contributed by atoms with Crippen LogP contribution in [0.1, 0.15) is 12.0 Å². The number of urea groups is 1. The summed E-state index contributed by atoms with van der Waals surface area (Å²) >= 11 is 0. The predicted octanol–water partition coefficient (Wildman–Crippen LogP) is 1.36. The minimum atomic E-state index is -0.956. The van der Waals surface area contributed by atoms with Crippen LogP contribution in [0.15, 0.2) is 48.6 Å². The summed E-state index contributed by atoms with van der Waals surface area (Å²) < 4.78 is 11.8. The molecule has 2 atom stereocenters. The van der Waals surface area contributed by atoms with Crippen molar-refractivity contribution in [3.8, 4) is 5.75 Å². The van der Waals surface area contributed by atoms with E-state index in [4.69, 9.17) is 9.47 Å². The van der Waals surface area contributed by atoms with Crippen LogP contribution in [0.4, 0.5) is 4.79 Å². The fourth-order valence-corrected chi connectivity index (χ4v) is 4.33. The maximum Gasteiger partial charge on any atom is 0.321 e. The first-order chi connectivity index (χ1) is 12.9. The number of hydrogen-bond acceptors (Lipinski definition) is 5. The molecule has 142 valence electrons. The third-order valence-electron chi connectivity index (χ3n) is 5.82. The third kappa shape index (κ3) is 2.49. The lowest BCUT2D eigenvalue weighted by atomic mass is 9.84. The van der Waals surface area contributed by atoms with Gasteiger partial charge in [-0.15, -0.1) is 0 Å². The molecule has 1 aromatic carbocycles. The van der Waals surface area contributed by atoms with E-state index in [1.165, 1.54) is 12.2 Å². The fraction of sp³-hybridized carbons (Fsp3) is 0.400. The number of likely N-dealkylation sites (N-methyl/N-ethyl adjacent to an activating group) is 2. The van der Waals surface area contributed by atoms with Crippen molar-refractivity contribution in [2.75, 3.05) is 21.2 Å². The van der Waals surface area contributed by atoms with Gasteiger partial charge in [0.05, 0.1) is 7.11 Å². The topological polar surface area (TPSA) is 79.9 Å². The molecule has 2 N–H and O–H groups in total. The molecule has 1 aliphatic carbocycles. The molecule has 1 aromatic rings. The van der Waals surface area contributed by atoms with Gasteiger partial charge in [-0.25, -0.2) is 4.79 Å². The molecule has 7 nitrogen and oxygen atoms in total. The van der Waals surface area contributed by atoms with E-state index in [9.17, 15) is 9.59 Å². The molecule has 0 bridgehead atoms. The highest BCUT2D eigenvalue weighted by atomic mass is 16.6. The van der Waals surface area contributed by atoms with Crippen LogP contribution in [-0.2, 0) is 16.0 Å². The lowest BCUT2D eigenvalue weighted by molar-refractivity contribution is -0.141. The lowest BCUT2D eigenvalue weighted by Crippen LogP contribution is -2.65. The summed E-state index contributed by atoms with van der Waals surface area (Å²) in [6, 6.07) is 7.51. The Morgan fingerprint density at radius 1 is 1.22 bits per heavy atom. The number of benzene rings is 1. The number of carbonyl (C=O) groups excluding carboxylic acids is 2. The highest BCUT2D eigenvalue weighted by molar-refractivity contribution is 6.00. The molecular formula is C20H23N3O4. The summed E-state index contributed by atoms with van der Waals surface area (Å²) in [5, 5.41) is 6.36. The Bertz CT molecular complexity index is 831. The van der Waals surface area contributed by atoms with Gasteiger partial charge < -0.3 is 14.8 Å². The molecule has 0 aromatic heterocycles. The third-order valence-corrected chi connectivity index (χ3v) is 5.82. The SMILES string of the molecule is CNC12CC3(C=CC(=O)C=C3)OC1(Cc1ccc(OC)cc1)N(C)C(=O)N2. The molecule has 0 saturated carbocycles. The molecular weight excluding hydrogens is 346 g/mol. The summed E-state index contributed by atoms with van der Waals surface area (Å²) in [7, 11) is 5.17. The van der Waals surface area contributed by atoms with Gasteiger partial charge in [-0.1, -0.05) is 12.1 Å². The zero-order valence-electron chi connectivity index (χ0n) is 15.6. The van der Waals surface area contributed by atoms with Crippen LogP contribution >= 0.6 is 0 Å². The van der Waals surface area contributed by atoms with E-state index in [0.717, 1.165) is 11.3 Å². The second kappa shape index (κ2) is 5.94. The highest BCUT2D eigenvalue weighted by Crippen LogP contribution is 2.52. The monoisotopic (exact) mass is 369 g/mol. The van der Waals surface area contributed by atoms with E-state index in [1.807, 2.05) is 31.3 Å². The molecule has 2 amide bonds. The molecule has 2 unspecified atom stereocenters. The van der Waals surface area contributed by atoms with Crippen LogP contribution in [0, 0.1) is 0 Å². The number of methoxy groups -OCH3 is 1. The Morgan fingerprint density at radius 3 is 2.48 bits per heavy atom. The van der Waals surface area contributed by atoms with Crippen LogP contribution in [0.2, 0.25) is 0 Å². The average Bonchev–Trinajstić information content (AvgIpc) is 3.04. The van der Waals surface area contributed by atoms with Gasteiger partial charge >= 0.3 is 6.03 Å². The summed E-state index contributed by atoms with van der Waals surface area (Å²) in [6.45, 7) is 0. The molecule has 2 aliphatic heterocycles. The van der Waals surface area contributed by atoms with Crippen LogP contribution in [0.3, 0.4) is 0 Å². The van der Waals surface area contributed by atoms with Crippen molar-refractivity contribution in [3.05, 3.63) is 54.1 Å². The minimum Gasteiger partial charge on any atom is -0.497 e. The number of nitrogens with zero attached hydrogens (tertiary/aromatic N) is 1. The van der Waals surface area contributed by atoms with Gasteiger partial charge in [-0.2, -0.15) is 0 Å². The number of hydrogen-bond donors (Lipinski definition) is 2. The Balaban J connectivity index is 1.77. The first kappa shape index (κ1) is 17.8. The Hall–Kier alpha value is -2.64. The van der Waals surface area contributed by atoms with Gasteiger partial charge in [0.2, 0.25) is 0 Å². The molecule has 1 spiro atoms. The Kier molecular flexibility index (Phi) is 3.90. The minimum absolute atomic E-state index is 0.0682. The summed E-state index contributed by atoms with van der Waals surface area (Å²) in [5.41, 5.74) is -1.50. The second-order valence-corrected chi connectivity index (χ2v) is 7.26. The van der Waals surface area contributed by atoms with Crippen molar-refractivity contribution in [3.63, 3.8) is 0 Å². The van der Waals surface area contributed by atoms with E-state index in [2.05, 4.69) is 10.6 Å². The van der Waals surface area contributed by atoms with Crippen molar-refractivity contribution >= 4 is 11.8 Å². The van der Waals surface area contributed by atoms with Crippen LogP contribution in [0.5, 0.6) is 5.75 Å². The van der Waals surface area contributed by atoms with E-state index < -0.39 is 17.0 Å². The molecule has 2 fully saturated rings. The molecule has 27 heavy (non-hydrogen) atoms. The molecule has 0 radical (unpaired) electrons. The maximum absolute atomic E-state index is 12.6. The van der Waals surface area contributed by atoms with Crippen molar-refractivity contribution in [1.29, 1.82) is 0 Å². The van der Waals surface area contributed by atoms with Gasteiger partial charge in [0, 0.05) is 19.9 Å². The molecule has 2 saturated heterocycles. The second-order valence-electron chi connectivity index (χ2n) is 7.26. The normalized spacial score (nSPS) is 30.7. The van der Waals surface area contributed by atoms with E-state index in [1.54, 1.807) is 31.2 Å². The zero-order chi connectivity index (χ0) is 19.3. The fourth-order valence-electron chi connectivity index (χ4n) is 4.33. The number of carbonyl (C=O) groups is 2. The standard InChI is InChI=1S/C20H23N3O4/c1-21-19-13-18(10-8-15(24)9-11-18)27-20(19,23(2)17(25)22-19)12-14-4-6-16(26-3)7-5-14/h4-11,21H,12-13H2,1-3H3,(H,22,25). The van der Waals surface area contributed by atoms with Crippen molar-refractivity contribution in [1.82, 2.24) is 15.5 Å². The van der Waals surface area contributed by atoms with Crippen LogP contribution in [-0.4, -0.2) is 54.9 Å². The maximum atomic E-state index is 12.6. The first-order valence-corrected chi connectivity index (χ1v) is 8.88. The summed E-state index contributed by atoms with van der Waals surface area (Å²) in [5.74, 6) is 0.701. The smallest absolute Gasteiger partial charge is 0.321 e. The summed E-state index contributed by atoms with van der Waals surface area (Å²) in [4.78, 5) is 25.8. The number of ether oxygens (including phenoxy) is 2. The number of ketones is 1. The average molecular weight is 369 g/mol. The molecule has 3 aliphatic rings. The van der Waals surface area contributed by atoms with E-state index >= 15 is 0 Å². The van der Waals surface area contributed by atoms with Crippen LogP contribution < -0.4 is 15.4 Å². The molecule has 7 heteroatoms. The summed E-state index contributed by atoms with van der Waals surface area (Å²) in [6.07, 6.45) is 7.55. The van der Waals surface area contributed by atoms with Gasteiger partial charge in [-0.05, 0) is 49.0 Å². The van der Waals surface area contributed by atoms with Crippen molar-refractivity contribution in [2.45, 2.75) is 29.8 Å². The number of allylic oxidation sites excluding steroid dienone is 2. The molecule has 2 heterocycles. The highest BCUT2D eigenvalue weighted by Gasteiger charge is 2.71. The van der Waals surface area contributed by atoms with Gasteiger partial charge in [0.25, 0.3) is 0 Å². The van der Waals surface area contributed by atoms with E-state index in [-0.39, 0.29) is 11.8 Å². The predicted molar refractivity (Wildman–Crippen MR) is 99.2 cm³/mol. The zero-order valence-corrected chi connectivity index (χ0v) is 15.6. The lowest BCUT2D eigenvalue weighted by Gasteiger charge is -2.41. The van der Waals surface area contributed by atoms with Gasteiger partial charge in [-0.3, -0.25) is 15.0 Å². The van der Waals surface area contributed by atoms with E-state index in [0.29, 0.717) is 12.8 Å². The number of rotatable bonds is 4. The molecule has 4 rings (SSSR count). The quantitative estimate of drug-likeness (QED) is 0.838. The van der Waals surface area contributed by atoms with Crippen molar-refractivity contribution in [2.24, 2.45) is 0 Å². The van der Waals surface area contributed by atoms with Gasteiger partial charge in [0.1, 0.15) is 17.0 Å². The van der Waals surface area contributed by atoms with Crippen molar-refractivity contribution < 1.29 is 19.1 Å². The van der Waals surface area contributed by atoms with Gasteiger partial charge in [0.15, 0.2) is 11.5 Å². The largest absolute Gasteiger partial charge is 0.497 e. The number of fused-ring (bicyclic) bond motifs is 1. The Labute approximate surface area is 158 Å². The number of nitrogens with one attached hydrogen (secondary N) is 2. The number of amides is 2. The first-order valence-electron chi connectivity index (χ1n) is 8.88.